The molecule has 0 fully saturated rings. The molecule has 0 aliphatic heterocycles. The van der Waals surface area contributed by atoms with Crippen molar-refractivity contribution >= 4 is 12.1 Å². The Hall–Kier alpha value is 0.404. The van der Waals surface area contributed by atoms with Crippen LogP contribution in [0, 0.1) is 0 Å². The van der Waals surface area contributed by atoms with Gasteiger partial charge in [0.2, 0.25) is 0 Å². The predicted molar refractivity (Wildman–Crippen MR) is 47.7 cm³/mol. The molecule has 0 rings (SSSR count). The summed E-state index contributed by atoms with van der Waals surface area (Å²) in [6.45, 7) is 6.72. The monoisotopic (exact) mass is 259 g/mol. The van der Waals surface area contributed by atoms with Crippen molar-refractivity contribution in [3.05, 3.63) is 0 Å². The standard InChI is InChI=1S/C9H16NO2.Y/c1-9(2,3)10-6-4-8(12)5-7-11;/h10H,4-6H2,1-3H3;/q-1;. The number of carbonyl (C=O) groups excluding carboxylic acids is 2. The third-order valence-corrected chi connectivity index (χ3v) is 1.33. The maximum atomic E-state index is 10.8. The summed E-state index contributed by atoms with van der Waals surface area (Å²) in [5.41, 5.74) is 0.0329. The van der Waals surface area contributed by atoms with Crippen LogP contribution in [0.25, 0.3) is 0 Å². The van der Waals surface area contributed by atoms with Gasteiger partial charge in [-0.05, 0) is 20.8 Å². The molecule has 1 radical (unpaired) electrons. The molecule has 0 heterocycles. The summed E-state index contributed by atoms with van der Waals surface area (Å²) in [5, 5.41) is 3.16. The number of ketones is 1. The van der Waals surface area contributed by atoms with Crippen LogP contribution >= 0.6 is 0 Å². The molecule has 0 aromatic carbocycles. The van der Waals surface area contributed by atoms with Crippen LogP contribution in [0.4, 0.5) is 0 Å². The van der Waals surface area contributed by atoms with Crippen LogP contribution in [0.1, 0.15) is 33.6 Å². The van der Waals surface area contributed by atoms with Crippen LogP contribution in [0.5, 0.6) is 0 Å². The summed E-state index contributed by atoms with van der Waals surface area (Å²) in [5.74, 6) is -0.0539. The minimum absolute atomic E-state index is 0. The second-order valence-electron chi connectivity index (χ2n) is 3.79. The van der Waals surface area contributed by atoms with E-state index in [-0.39, 0.29) is 50.5 Å². The Morgan fingerprint density at radius 3 is 2.31 bits per heavy atom. The van der Waals surface area contributed by atoms with Crippen LogP contribution < -0.4 is 5.32 Å². The predicted octanol–water partition coefficient (Wildman–Crippen LogP) is 0.831. The summed E-state index contributed by atoms with van der Waals surface area (Å²) in [4.78, 5) is 20.6. The Kier molecular flexibility index (Phi) is 9.48. The van der Waals surface area contributed by atoms with Gasteiger partial charge < -0.3 is 14.9 Å². The molecule has 0 aromatic rings. The van der Waals surface area contributed by atoms with Crippen LogP contribution in [0.2, 0.25) is 0 Å². The third kappa shape index (κ3) is 12.4. The second kappa shape index (κ2) is 7.78. The van der Waals surface area contributed by atoms with Gasteiger partial charge in [0.25, 0.3) is 0 Å². The van der Waals surface area contributed by atoms with Gasteiger partial charge in [0.1, 0.15) is 5.78 Å². The number of carbonyl (C=O) groups is 1. The second-order valence-corrected chi connectivity index (χ2v) is 3.79. The number of hydrogen-bond donors (Lipinski definition) is 1. The van der Waals surface area contributed by atoms with Crippen molar-refractivity contribution in [3.8, 4) is 0 Å². The van der Waals surface area contributed by atoms with Gasteiger partial charge in [0.15, 0.2) is 0 Å². The quantitative estimate of drug-likeness (QED) is 0.587. The molecule has 0 amide bonds. The zero-order valence-electron chi connectivity index (χ0n) is 8.52. The summed E-state index contributed by atoms with van der Waals surface area (Å²) < 4.78 is 0. The average Bonchev–Trinajstić information content (AvgIpc) is 1.84. The Morgan fingerprint density at radius 1 is 1.38 bits per heavy atom. The fourth-order valence-electron chi connectivity index (χ4n) is 0.746. The van der Waals surface area contributed by atoms with Crippen molar-refractivity contribution < 1.29 is 42.3 Å². The summed E-state index contributed by atoms with van der Waals surface area (Å²) in [6.07, 6.45) is 1.92. The molecule has 0 spiro atoms. The normalized spacial score (nSPS) is 10.4. The first-order valence-corrected chi connectivity index (χ1v) is 4.07. The van der Waals surface area contributed by atoms with Crippen molar-refractivity contribution in [3.63, 3.8) is 0 Å². The van der Waals surface area contributed by atoms with E-state index in [1.807, 2.05) is 20.8 Å². The van der Waals surface area contributed by atoms with Gasteiger partial charge >= 0.3 is 0 Å². The maximum Gasteiger partial charge on any atom is 0.108 e. The van der Waals surface area contributed by atoms with Gasteiger partial charge in [-0.2, -0.15) is 0 Å². The van der Waals surface area contributed by atoms with E-state index in [2.05, 4.69) is 5.32 Å². The maximum absolute atomic E-state index is 10.8. The molecule has 3 nitrogen and oxygen atoms in total. The number of Topliss-reactive ketones (excluding diaryl/α,β-unsaturated/α-hetero) is 1. The first-order chi connectivity index (χ1) is 5.45. The molecular formula is C9H16NO2Y-. The average molecular weight is 259 g/mol. The van der Waals surface area contributed by atoms with Crippen LogP contribution in [0.15, 0.2) is 0 Å². The molecule has 0 saturated heterocycles. The third-order valence-electron chi connectivity index (χ3n) is 1.33. The minimum atomic E-state index is -0.0776. The Balaban J connectivity index is 0. The van der Waals surface area contributed by atoms with Gasteiger partial charge in [0.05, 0.1) is 0 Å². The Labute approximate surface area is 105 Å². The molecule has 0 saturated carbocycles. The van der Waals surface area contributed by atoms with Gasteiger partial charge in [-0.1, -0.05) is 6.42 Å². The SMILES string of the molecule is CC(C)(C)NCCC(=O)C[C-]=O.[Y]. The van der Waals surface area contributed by atoms with E-state index < -0.39 is 0 Å². The summed E-state index contributed by atoms with van der Waals surface area (Å²) in [7, 11) is 0. The van der Waals surface area contributed by atoms with Crippen LogP contribution in [-0.4, -0.2) is 24.2 Å². The van der Waals surface area contributed by atoms with Crippen molar-refractivity contribution in [1.29, 1.82) is 0 Å². The largest absolute Gasteiger partial charge is 0.541 e. The molecule has 0 bridgehead atoms. The topological polar surface area (TPSA) is 46.2 Å². The van der Waals surface area contributed by atoms with Crippen LogP contribution in [0.3, 0.4) is 0 Å². The zero-order chi connectivity index (χ0) is 9.61. The van der Waals surface area contributed by atoms with Crippen molar-refractivity contribution in [2.45, 2.75) is 39.2 Å². The summed E-state index contributed by atoms with van der Waals surface area (Å²) in [6, 6.07) is 0. The van der Waals surface area contributed by atoms with E-state index in [1.165, 1.54) is 0 Å². The fourth-order valence-corrected chi connectivity index (χ4v) is 0.746. The zero-order valence-corrected chi connectivity index (χ0v) is 11.4. The molecular weight excluding hydrogens is 243 g/mol. The molecule has 13 heavy (non-hydrogen) atoms. The fraction of sp³-hybridized carbons (Fsp3) is 0.778. The molecule has 0 atom stereocenters. The van der Waals surface area contributed by atoms with E-state index in [1.54, 1.807) is 6.29 Å². The molecule has 0 unspecified atom stereocenters. The van der Waals surface area contributed by atoms with Crippen molar-refractivity contribution in [2.24, 2.45) is 0 Å². The van der Waals surface area contributed by atoms with Gasteiger partial charge in [-0.3, -0.25) is 6.29 Å². The molecule has 4 heteroatoms. The first kappa shape index (κ1) is 15.9. The smallest absolute Gasteiger partial charge is 0.108 e. The Bertz CT molecular complexity index is 163. The molecule has 0 aliphatic rings. The van der Waals surface area contributed by atoms with E-state index in [4.69, 9.17) is 0 Å². The Morgan fingerprint density at radius 2 is 1.92 bits per heavy atom. The van der Waals surface area contributed by atoms with E-state index in [0.29, 0.717) is 13.0 Å². The van der Waals surface area contributed by atoms with Crippen LogP contribution in [-0.2, 0) is 42.3 Å². The van der Waals surface area contributed by atoms with E-state index in [9.17, 15) is 9.59 Å². The number of rotatable bonds is 5. The first-order valence-electron chi connectivity index (χ1n) is 4.07. The van der Waals surface area contributed by atoms with E-state index in [0.717, 1.165) is 0 Å². The van der Waals surface area contributed by atoms with Gasteiger partial charge in [-0.25, -0.2) is 0 Å². The van der Waals surface area contributed by atoms with Crippen molar-refractivity contribution in [2.75, 3.05) is 6.54 Å². The molecule has 0 aromatic heterocycles. The van der Waals surface area contributed by atoms with Gasteiger partial charge in [-0.15, -0.1) is 0 Å². The molecule has 73 valence electrons. The number of nitrogens with one attached hydrogen (secondary N) is 1. The van der Waals surface area contributed by atoms with Gasteiger partial charge in [0, 0.05) is 51.2 Å². The summed E-state index contributed by atoms with van der Waals surface area (Å²) >= 11 is 0. The number of hydrogen-bond acceptors (Lipinski definition) is 3. The minimum Gasteiger partial charge on any atom is -0.541 e. The van der Waals surface area contributed by atoms with E-state index >= 15 is 0 Å². The van der Waals surface area contributed by atoms with Crippen molar-refractivity contribution in [1.82, 2.24) is 5.32 Å². The molecule has 1 N–H and O–H groups in total. The molecule has 0 aliphatic carbocycles.